The van der Waals surface area contributed by atoms with Gasteiger partial charge in [0.1, 0.15) is 5.82 Å². The van der Waals surface area contributed by atoms with Crippen LogP contribution >= 0.6 is 11.8 Å². The van der Waals surface area contributed by atoms with Gasteiger partial charge in [0.05, 0.1) is 6.20 Å². The Labute approximate surface area is 121 Å². The molecule has 0 atom stereocenters. The standard InChI is InChI=1S/C14H16FN3OS/c1-18(10-11-8-16-17-9-11)14(19)6-7-20-13-4-2-12(15)3-5-13/h2-5,8-9H,6-7,10H2,1H3,(H,16,17). The van der Waals surface area contributed by atoms with Gasteiger partial charge in [-0.3, -0.25) is 9.89 Å². The average Bonchev–Trinajstić information content (AvgIpc) is 2.93. The van der Waals surface area contributed by atoms with E-state index in [2.05, 4.69) is 10.2 Å². The maximum atomic E-state index is 12.7. The van der Waals surface area contributed by atoms with E-state index in [1.807, 2.05) is 0 Å². The molecule has 1 aromatic carbocycles. The lowest BCUT2D eigenvalue weighted by Gasteiger charge is -2.15. The summed E-state index contributed by atoms with van der Waals surface area (Å²) < 4.78 is 12.7. The number of benzene rings is 1. The van der Waals surface area contributed by atoms with E-state index >= 15 is 0 Å². The second-order valence-electron chi connectivity index (χ2n) is 4.41. The van der Waals surface area contributed by atoms with Gasteiger partial charge < -0.3 is 4.90 Å². The number of nitrogens with one attached hydrogen (secondary N) is 1. The summed E-state index contributed by atoms with van der Waals surface area (Å²) in [7, 11) is 1.78. The largest absolute Gasteiger partial charge is 0.341 e. The van der Waals surface area contributed by atoms with Crippen LogP contribution in [0.1, 0.15) is 12.0 Å². The van der Waals surface area contributed by atoms with Crippen molar-refractivity contribution in [2.75, 3.05) is 12.8 Å². The molecule has 4 nitrogen and oxygen atoms in total. The minimum atomic E-state index is -0.245. The summed E-state index contributed by atoms with van der Waals surface area (Å²) in [5.41, 5.74) is 0.979. The number of thioether (sulfide) groups is 1. The van der Waals surface area contributed by atoms with E-state index < -0.39 is 0 Å². The van der Waals surface area contributed by atoms with Crippen molar-refractivity contribution in [1.29, 1.82) is 0 Å². The zero-order valence-corrected chi connectivity index (χ0v) is 12.0. The second-order valence-corrected chi connectivity index (χ2v) is 5.58. The van der Waals surface area contributed by atoms with Crippen molar-refractivity contribution < 1.29 is 9.18 Å². The first-order valence-corrected chi connectivity index (χ1v) is 7.23. The number of aromatic nitrogens is 2. The van der Waals surface area contributed by atoms with E-state index in [0.29, 0.717) is 18.7 Å². The lowest BCUT2D eigenvalue weighted by atomic mass is 10.3. The molecule has 0 aliphatic rings. The third-order valence-corrected chi connectivity index (χ3v) is 3.81. The molecule has 0 bridgehead atoms. The van der Waals surface area contributed by atoms with Crippen LogP contribution in [0, 0.1) is 5.82 Å². The van der Waals surface area contributed by atoms with Gasteiger partial charge in [0.15, 0.2) is 0 Å². The fraction of sp³-hybridized carbons (Fsp3) is 0.286. The van der Waals surface area contributed by atoms with E-state index in [0.717, 1.165) is 10.5 Å². The summed E-state index contributed by atoms with van der Waals surface area (Å²) in [5.74, 6) is 0.520. The number of H-pyrrole nitrogens is 1. The molecule has 2 rings (SSSR count). The van der Waals surface area contributed by atoms with Gasteiger partial charge >= 0.3 is 0 Å². The highest BCUT2D eigenvalue weighted by Gasteiger charge is 2.09. The number of halogens is 1. The molecule has 20 heavy (non-hydrogen) atoms. The van der Waals surface area contributed by atoms with Crippen molar-refractivity contribution in [1.82, 2.24) is 15.1 Å². The first-order valence-electron chi connectivity index (χ1n) is 6.25. The summed E-state index contributed by atoms with van der Waals surface area (Å²) in [5, 5.41) is 6.57. The Hall–Kier alpha value is -1.82. The zero-order chi connectivity index (χ0) is 14.4. The van der Waals surface area contributed by atoms with Crippen LogP contribution in [-0.4, -0.2) is 33.8 Å². The van der Waals surface area contributed by atoms with Gasteiger partial charge in [-0.2, -0.15) is 5.10 Å². The predicted octanol–water partition coefficient (Wildman–Crippen LogP) is 2.69. The average molecular weight is 293 g/mol. The van der Waals surface area contributed by atoms with E-state index in [-0.39, 0.29) is 11.7 Å². The zero-order valence-electron chi connectivity index (χ0n) is 11.2. The number of nitrogens with zero attached hydrogens (tertiary/aromatic N) is 2. The number of amides is 1. The maximum absolute atomic E-state index is 12.7. The molecule has 0 saturated carbocycles. The summed E-state index contributed by atoms with van der Waals surface area (Å²) in [4.78, 5) is 14.6. The number of rotatable bonds is 6. The van der Waals surface area contributed by atoms with Crippen molar-refractivity contribution in [2.45, 2.75) is 17.9 Å². The predicted molar refractivity (Wildman–Crippen MR) is 76.8 cm³/mol. The maximum Gasteiger partial charge on any atom is 0.223 e. The number of aromatic amines is 1. The molecule has 0 radical (unpaired) electrons. The first-order chi connectivity index (χ1) is 9.65. The van der Waals surface area contributed by atoms with Gasteiger partial charge in [-0.15, -0.1) is 11.8 Å². The van der Waals surface area contributed by atoms with Gasteiger partial charge in [0, 0.05) is 42.4 Å². The number of carbonyl (C=O) groups is 1. The van der Waals surface area contributed by atoms with Gasteiger partial charge in [-0.05, 0) is 24.3 Å². The van der Waals surface area contributed by atoms with Crippen LogP contribution in [0.25, 0.3) is 0 Å². The minimum Gasteiger partial charge on any atom is -0.341 e. The lowest BCUT2D eigenvalue weighted by Crippen LogP contribution is -2.26. The molecule has 0 spiro atoms. The Morgan fingerprint density at radius 3 is 2.80 bits per heavy atom. The quantitative estimate of drug-likeness (QED) is 0.833. The van der Waals surface area contributed by atoms with Gasteiger partial charge in [0.2, 0.25) is 5.91 Å². The molecule has 106 valence electrons. The SMILES string of the molecule is CN(Cc1cn[nH]c1)C(=O)CCSc1ccc(F)cc1. The minimum absolute atomic E-state index is 0.0841. The molecular weight excluding hydrogens is 277 g/mol. The van der Waals surface area contributed by atoms with Crippen molar-refractivity contribution in [3.05, 3.63) is 48.0 Å². The molecule has 0 aliphatic heterocycles. The second kappa shape index (κ2) is 7.09. The number of carbonyl (C=O) groups excluding carboxylic acids is 1. The molecule has 6 heteroatoms. The summed E-state index contributed by atoms with van der Waals surface area (Å²) in [6, 6.07) is 6.30. The monoisotopic (exact) mass is 293 g/mol. The molecule has 0 fully saturated rings. The fourth-order valence-electron chi connectivity index (χ4n) is 1.70. The van der Waals surface area contributed by atoms with Crippen LogP contribution in [-0.2, 0) is 11.3 Å². The summed E-state index contributed by atoms with van der Waals surface area (Å²) in [6.45, 7) is 0.552. The first kappa shape index (κ1) is 14.6. The molecule has 0 unspecified atom stereocenters. The van der Waals surface area contributed by atoms with E-state index in [1.165, 1.54) is 12.1 Å². The molecule has 1 aromatic heterocycles. The summed E-state index contributed by atoms with van der Waals surface area (Å²) >= 11 is 1.55. The topological polar surface area (TPSA) is 49.0 Å². The number of hydrogen-bond acceptors (Lipinski definition) is 3. The Balaban J connectivity index is 1.73. The molecule has 0 saturated heterocycles. The number of hydrogen-bond donors (Lipinski definition) is 1. The third-order valence-electron chi connectivity index (χ3n) is 2.80. The molecular formula is C14H16FN3OS. The normalized spacial score (nSPS) is 10.5. The highest BCUT2D eigenvalue weighted by atomic mass is 32.2. The molecule has 1 N–H and O–H groups in total. The highest BCUT2D eigenvalue weighted by molar-refractivity contribution is 7.99. The molecule has 1 heterocycles. The van der Waals surface area contributed by atoms with Crippen LogP contribution in [0.15, 0.2) is 41.6 Å². The Morgan fingerprint density at radius 2 is 2.15 bits per heavy atom. The van der Waals surface area contributed by atoms with Crippen LogP contribution in [0.4, 0.5) is 4.39 Å². The smallest absolute Gasteiger partial charge is 0.223 e. The van der Waals surface area contributed by atoms with Gasteiger partial charge in [-0.1, -0.05) is 0 Å². The van der Waals surface area contributed by atoms with Crippen LogP contribution in [0.5, 0.6) is 0 Å². The Bertz CT molecular complexity index is 542. The van der Waals surface area contributed by atoms with Crippen LogP contribution in [0.2, 0.25) is 0 Å². The van der Waals surface area contributed by atoms with Gasteiger partial charge in [0.25, 0.3) is 0 Å². The van der Waals surface area contributed by atoms with Crippen molar-refractivity contribution >= 4 is 17.7 Å². The summed E-state index contributed by atoms with van der Waals surface area (Å²) in [6.07, 6.45) is 3.94. The molecule has 2 aromatic rings. The highest BCUT2D eigenvalue weighted by Crippen LogP contribution is 2.19. The van der Waals surface area contributed by atoms with Crippen molar-refractivity contribution in [3.63, 3.8) is 0 Å². The van der Waals surface area contributed by atoms with E-state index in [1.54, 1.807) is 48.2 Å². The Morgan fingerprint density at radius 1 is 1.40 bits per heavy atom. The van der Waals surface area contributed by atoms with Crippen molar-refractivity contribution in [3.8, 4) is 0 Å². The van der Waals surface area contributed by atoms with E-state index in [4.69, 9.17) is 0 Å². The van der Waals surface area contributed by atoms with Crippen molar-refractivity contribution in [2.24, 2.45) is 0 Å². The molecule has 1 amide bonds. The van der Waals surface area contributed by atoms with Gasteiger partial charge in [-0.25, -0.2) is 4.39 Å². The lowest BCUT2D eigenvalue weighted by molar-refractivity contribution is -0.129. The Kier molecular flexibility index (Phi) is 5.17. The third kappa shape index (κ3) is 4.38. The van der Waals surface area contributed by atoms with Crippen LogP contribution < -0.4 is 0 Å². The molecule has 0 aliphatic carbocycles. The fourth-order valence-corrected chi connectivity index (χ4v) is 2.54. The van der Waals surface area contributed by atoms with Crippen LogP contribution in [0.3, 0.4) is 0 Å². The van der Waals surface area contributed by atoms with E-state index in [9.17, 15) is 9.18 Å².